The molecule has 1 aliphatic heterocycles. The first kappa shape index (κ1) is 14.2. The molecule has 2 amide bonds. The number of nitrogens with one attached hydrogen (secondary N) is 2. The van der Waals surface area contributed by atoms with Crippen LogP contribution in [0.1, 0.15) is 13.8 Å². The van der Waals surface area contributed by atoms with Crippen molar-refractivity contribution in [2.45, 2.75) is 26.0 Å². The molecular formula is C14H18N2O4. The third-order valence-electron chi connectivity index (χ3n) is 2.88. The Morgan fingerprint density at radius 1 is 1.35 bits per heavy atom. The fourth-order valence-corrected chi connectivity index (χ4v) is 1.90. The number of para-hydroxylation sites is 2. The van der Waals surface area contributed by atoms with Gasteiger partial charge in [0.1, 0.15) is 18.8 Å². The van der Waals surface area contributed by atoms with E-state index in [1.807, 2.05) is 24.3 Å². The van der Waals surface area contributed by atoms with Crippen LogP contribution in [-0.2, 0) is 9.59 Å². The van der Waals surface area contributed by atoms with E-state index < -0.39 is 6.04 Å². The van der Waals surface area contributed by atoms with E-state index in [1.165, 1.54) is 6.92 Å². The lowest BCUT2D eigenvalue weighted by Crippen LogP contribution is -2.48. The Labute approximate surface area is 117 Å². The van der Waals surface area contributed by atoms with Crippen molar-refractivity contribution in [2.24, 2.45) is 0 Å². The predicted molar refractivity (Wildman–Crippen MR) is 72.6 cm³/mol. The number of amides is 2. The Morgan fingerprint density at radius 2 is 2.05 bits per heavy atom. The van der Waals surface area contributed by atoms with Crippen molar-refractivity contribution in [3.05, 3.63) is 24.3 Å². The maximum Gasteiger partial charge on any atom is 0.242 e. The number of carbonyl (C=O) groups is 2. The van der Waals surface area contributed by atoms with Gasteiger partial charge >= 0.3 is 0 Å². The Hall–Kier alpha value is -2.24. The second-order valence-electron chi connectivity index (χ2n) is 4.66. The highest BCUT2D eigenvalue weighted by atomic mass is 16.6. The number of rotatable bonds is 4. The van der Waals surface area contributed by atoms with Gasteiger partial charge in [-0.2, -0.15) is 0 Å². The molecule has 0 aliphatic carbocycles. The van der Waals surface area contributed by atoms with Gasteiger partial charge in [0.15, 0.2) is 11.5 Å². The fraction of sp³-hybridized carbons (Fsp3) is 0.429. The fourth-order valence-electron chi connectivity index (χ4n) is 1.90. The third-order valence-corrected chi connectivity index (χ3v) is 2.88. The standard InChI is InChI=1S/C14H18N2O4/c1-9(16-10(2)17)14(18)15-7-11-8-19-12-5-3-4-6-13(12)20-11/h3-6,9,11H,7-8H2,1-2H3,(H,15,18)(H,16,17). The van der Waals surface area contributed by atoms with Crippen molar-refractivity contribution in [3.63, 3.8) is 0 Å². The van der Waals surface area contributed by atoms with E-state index in [0.29, 0.717) is 24.7 Å². The van der Waals surface area contributed by atoms with Crippen LogP contribution < -0.4 is 20.1 Å². The summed E-state index contributed by atoms with van der Waals surface area (Å²) >= 11 is 0. The zero-order chi connectivity index (χ0) is 14.5. The zero-order valence-corrected chi connectivity index (χ0v) is 11.5. The van der Waals surface area contributed by atoms with Gasteiger partial charge in [-0.15, -0.1) is 0 Å². The Kier molecular flexibility index (Phi) is 4.45. The molecule has 6 heteroatoms. The molecule has 2 unspecified atom stereocenters. The van der Waals surface area contributed by atoms with Gasteiger partial charge in [0.25, 0.3) is 0 Å². The van der Waals surface area contributed by atoms with Crippen molar-refractivity contribution in [3.8, 4) is 11.5 Å². The van der Waals surface area contributed by atoms with Gasteiger partial charge in [0.05, 0.1) is 6.54 Å². The van der Waals surface area contributed by atoms with Gasteiger partial charge in [-0.25, -0.2) is 0 Å². The number of benzene rings is 1. The minimum atomic E-state index is -0.565. The summed E-state index contributed by atoms with van der Waals surface area (Å²) < 4.78 is 11.3. The minimum Gasteiger partial charge on any atom is -0.486 e. The minimum absolute atomic E-state index is 0.237. The second kappa shape index (κ2) is 6.27. The average Bonchev–Trinajstić information content (AvgIpc) is 2.43. The first-order chi connectivity index (χ1) is 9.56. The maximum absolute atomic E-state index is 11.7. The molecule has 0 fully saturated rings. The van der Waals surface area contributed by atoms with E-state index in [9.17, 15) is 9.59 Å². The molecule has 0 bridgehead atoms. The molecule has 1 aromatic carbocycles. The van der Waals surface area contributed by atoms with Crippen molar-refractivity contribution in [2.75, 3.05) is 13.2 Å². The molecule has 0 radical (unpaired) electrons. The average molecular weight is 278 g/mol. The molecule has 1 aromatic rings. The van der Waals surface area contributed by atoms with E-state index in [2.05, 4.69) is 10.6 Å². The lowest BCUT2D eigenvalue weighted by atomic mass is 10.2. The highest BCUT2D eigenvalue weighted by Gasteiger charge is 2.22. The monoisotopic (exact) mass is 278 g/mol. The largest absolute Gasteiger partial charge is 0.486 e. The molecule has 0 saturated heterocycles. The second-order valence-corrected chi connectivity index (χ2v) is 4.66. The zero-order valence-electron chi connectivity index (χ0n) is 11.5. The van der Waals surface area contributed by atoms with Crippen LogP contribution in [0.2, 0.25) is 0 Å². The molecule has 6 nitrogen and oxygen atoms in total. The van der Waals surface area contributed by atoms with Crippen LogP contribution in [0.4, 0.5) is 0 Å². The summed E-state index contributed by atoms with van der Waals surface area (Å²) in [6, 6.07) is 6.83. The van der Waals surface area contributed by atoms with Crippen LogP contribution in [0.25, 0.3) is 0 Å². The van der Waals surface area contributed by atoms with Crippen molar-refractivity contribution >= 4 is 11.8 Å². The van der Waals surface area contributed by atoms with Crippen LogP contribution in [-0.4, -0.2) is 37.1 Å². The highest BCUT2D eigenvalue weighted by molar-refractivity contribution is 5.86. The molecule has 2 N–H and O–H groups in total. The smallest absolute Gasteiger partial charge is 0.242 e. The first-order valence-electron chi connectivity index (χ1n) is 6.49. The van der Waals surface area contributed by atoms with Gasteiger partial charge in [-0.1, -0.05) is 12.1 Å². The molecule has 2 atom stereocenters. The molecule has 1 aliphatic rings. The van der Waals surface area contributed by atoms with E-state index >= 15 is 0 Å². The van der Waals surface area contributed by atoms with Gasteiger partial charge < -0.3 is 20.1 Å². The molecule has 1 heterocycles. The molecular weight excluding hydrogens is 260 g/mol. The summed E-state index contributed by atoms with van der Waals surface area (Å²) in [6.45, 7) is 3.71. The van der Waals surface area contributed by atoms with Crippen molar-refractivity contribution < 1.29 is 19.1 Å². The molecule has 20 heavy (non-hydrogen) atoms. The summed E-state index contributed by atoms with van der Waals surface area (Å²) in [5.74, 6) is 0.899. The van der Waals surface area contributed by atoms with Crippen LogP contribution in [0.5, 0.6) is 11.5 Å². The number of fused-ring (bicyclic) bond motifs is 1. The summed E-state index contributed by atoms with van der Waals surface area (Å²) in [4.78, 5) is 22.6. The molecule has 0 saturated carbocycles. The Morgan fingerprint density at radius 3 is 2.75 bits per heavy atom. The molecule has 108 valence electrons. The summed E-state index contributed by atoms with van der Waals surface area (Å²) in [7, 11) is 0. The summed E-state index contributed by atoms with van der Waals surface area (Å²) in [5.41, 5.74) is 0. The van der Waals surface area contributed by atoms with Crippen LogP contribution >= 0.6 is 0 Å². The van der Waals surface area contributed by atoms with Gasteiger partial charge in [-0.05, 0) is 19.1 Å². The van der Waals surface area contributed by atoms with Crippen LogP contribution in [0, 0.1) is 0 Å². The Balaban J connectivity index is 1.81. The quantitative estimate of drug-likeness (QED) is 0.839. The molecule has 2 rings (SSSR count). The van der Waals surface area contributed by atoms with Gasteiger partial charge in [-0.3, -0.25) is 9.59 Å². The van der Waals surface area contributed by atoms with Crippen molar-refractivity contribution in [1.29, 1.82) is 0 Å². The molecule has 0 spiro atoms. The van der Waals surface area contributed by atoms with E-state index in [-0.39, 0.29) is 17.9 Å². The third kappa shape index (κ3) is 3.63. The van der Waals surface area contributed by atoms with Gasteiger partial charge in [0.2, 0.25) is 11.8 Å². The SMILES string of the molecule is CC(=O)NC(C)C(=O)NCC1COc2ccccc2O1. The maximum atomic E-state index is 11.7. The van der Waals surface area contributed by atoms with Crippen molar-refractivity contribution in [1.82, 2.24) is 10.6 Å². The number of ether oxygens (including phenoxy) is 2. The van der Waals surface area contributed by atoms with E-state index in [1.54, 1.807) is 6.92 Å². The number of hydrogen-bond acceptors (Lipinski definition) is 4. The Bertz CT molecular complexity index is 504. The highest BCUT2D eigenvalue weighted by Crippen LogP contribution is 2.30. The lowest BCUT2D eigenvalue weighted by Gasteiger charge is -2.27. The summed E-state index contributed by atoms with van der Waals surface area (Å²) in [6.07, 6.45) is -0.238. The first-order valence-corrected chi connectivity index (χ1v) is 6.49. The van der Waals surface area contributed by atoms with E-state index in [0.717, 1.165) is 0 Å². The van der Waals surface area contributed by atoms with Crippen LogP contribution in [0.15, 0.2) is 24.3 Å². The molecule has 0 aromatic heterocycles. The van der Waals surface area contributed by atoms with Crippen LogP contribution in [0.3, 0.4) is 0 Å². The van der Waals surface area contributed by atoms with E-state index in [4.69, 9.17) is 9.47 Å². The normalized spacial score (nSPS) is 18.0. The van der Waals surface area contributed by atoms with Gasteiger partial charge in [0, 0.05) is 6.92 Å². The topological polar surface area (TPSA) is 76.7 Å². The lowest BCUT2D eigenvalue weighted by molar-refractivity contribution is -0.127. The number of carbonyl (C=O) groups excluding carboxylic acids is 2. The predicted octanol–water partition coefficient (Wildman–Crippen LogP) is 0.467. The number of hydrogen-bond donors (Lipinski definition) is 2. The summed E-state index contributed by atoms with van der Waals surface area (Å²) in [5, 5.41) is 5.25.